The third kappa shape index (κ3) is 4.51. The molecule has 12 heavy (non-hydrogen) atoms. The monoisotopic (exact) mass is 214 g/mol. The molecule has 1 fully saturated rings. The maximum atomic E-state index is 5.51. The third-order valence-electron chi connectivity index (χ3n) is 2.29. The number of halogens is 2. The van der Waals surface area contributed by atoms with Gasteiger partial charge in [0.1, 0.15) is 0 Å². The Labute approximate surface area is 87.7 Å². The summed E-state index contributed by atoms with van der Waals surface area (Å²) in [4.78, 5) is 2.26. The molecule has 2 nitrogen and oxygen atoms in total. The van der Waals surface area contributed by atoms with Gasteiger partial charge >= 0.3 is 0 Å². The van der Waals surface area contributed by atoms with Crippen molar-refractivity contribution in [1.29, 1.82) is 0 Å². The first-order chi connectivity index (χ1) is 4.72. The zero-order chi connectivity index (χ0) is 7.56. The highest BCUT2D eigenvalue weighted by Gasteiger charge is 2.27. The van der Waals surface area contributed by atoms with Crippen LogP contribution in [0.1, 0.15) is 12.8 Å². The van der Waals surface area contributed by atoms with E-state index in [0.717, 1.165) is 18.4 Å². The van der Waals surface area contributed by atoms with Crippen molar-refractivity contribution in [2.24, 2.45) is 17.6 Å². The quantitative estimate of drug-likeness (QED) is 0.770. The summed E-state index contributed by atoms with van der Waals surface area (Å²) < 4.78 is 0. The molecule has 0 aromatic carbocycles. The Bertz CT molecular complexity index is 103. The van der Waals surface area contributed by atoms with Gasteiger partial charge in [-0.1, -0.05) is 0 Å². The van der Waals surface area contributed by atoms with Gasteiger partial charge in [0.25, 0.3) is 0 Å². The summed E-state index contributed by atoms with van der Waals surface area (Å²) in [6.07, 6.45) is 2.71. The van der Waals surface area contributed by atoms with E-state index >= 15 is 0 Å². The Morgan fingerprint density at radius 2 is 1.67 bits per heavy atom. The van der Waals surface area contributed by atoms with Crippen LogP contribution in [0.4, 0.5) is 0 Å². The first kappa shape index (κ1) is 15.0. The summed E-state index contributed by atoms with van der Waals surface area (Å²) in [5.41, 5.74) is 5.51. The summed E-state index contributed by atoms with van der Waals surface area (Å²) in [5.74, 6) is 1.77. The van der Waals surface area contributed by atoms with Gasteiger partial charge in [0, 0.05) is 6.54 Å². The fourth-order valence-electron chi connectivity index (χ4n) is 1.73. The van der Waals surface area contributed by atoms with Crippen molar-refractivity contribution >= 4 is 24.8 Å². The van der Waals surface area contributed by atoms with Crippen LogP contribution in [0.5, 0.6) is 0 Å². The molecule has 0 heterocycles. The fraction of sp³-hybridized carbons (Fsp3) is 1.00. The van der Waals surface area contributed by atoms with Crippen molar-refractivity contribution in [2.75, 3.05) is 27.2 Å². The molecule has 76 valence electrons. The van der Waals surface area contributed by atoms with Gasteiger partial charge in [-0.2, -0.15) is 0 Å². The van der Waals surface area contributed by atoms with E-state index < -0.39 is 0 Å². The maximum absolute atomic E-state index is 5.51. The lowest BCUT2D eigenvalue weighted by molar-refractivity contribution is 0.157. The van der Waals surface area contributed by atoms with Crippen LogP contribution in [0.25, 0.3) is 0 Å². The Morgan fingerprint density at radius 3 is 2.00 bits per heavy atom. The molecule has 0 radical (unpaired) electrons. The highest BCUT2D eigenvalue weighted by molar-refractivity contribution is 5.85. The Morgan fingerprint density at radius 1 is 1.17 bits per heavy atom. The minimum Gasteiger partial charge on any atom is -0.330 e. The summed E-state index contributed by atoms with van der Waals surface area (Å²) in [6.45, 7) is 2.14. The first-order valence-corrected chi connectivity index (χ1v) is 4.07. The van der Waals surface area contributed by atoms with Gasteiger partial charge < -0.3 is 10.6 Å². The maximum Gasteiger partial charge on any atom is 0.000378 e. The van der Waals surface area contributed by atoms with Gasteiger partial charge in [0.2, 0.25) is 0 Å². The topological polar surface area (TPSA) is 29.3 Å². The number of hydrogen-bond donors (Lipinski definition) is 1. The fourth-order valence-corrected chi connectivity index (χ4v) is 1.73. The molecule has 0 aromatic rings. The second kappa shape index (κ2) is 6.96. The van der Waals surface area contributed by atoms with Gasteiger partial charge in [-0.3, -0.25) is 0 Å². The van der Waals surface area contributed by atoms with Crippen LogP contribution in [0.2, 0.25) is 0 Å². The number of hydrogen-bond acceptors (Lipinski definition) is 2. The Kier molecular flexibility index (Phi) is 8.69. The minimum absolute atomic E-state index is 0. The van der Waals surface area contributed by atoms with E-state index in [1.165, 1.54) is 19.4 Å². The molecular weight excluding hydrogens is 195 g/mol. The van der Waals surface area contributed by atoms with Gasteiger partial charge in [0.05, 0.1) is 0 Å². The number of rotatable bonds is 3. The molecule has 0 aromatic heterocycles. The van der Waals surface area contributed by atoms with Crippen molar-refractivity contribution < 1.29 is 0 Å². The highest BCUT2D eigenvalue weighted by Crippen LogP contribution is 2.32. The van der Waals surface area contributed by atoms with Crippen LogP contribution in [0.15, 0.2) is 0 Å². The molecule has 2 N–H and O–H groups in total. The summed E-state index contributed by atoms with van der Waals surface area (Å²) in [5, 5.41) is 0. The molecule has 0 spiro atoms. The van der Waals surface area contributed by atoms with Crippen LogP contribution in [-0.2, 0) is 0 Å². The van der Waals surface area contributed by atoms with Crippen molar-refractivity contribution in [3.05, 3.63) is 0 Å². The second-order valence-corrected chi connectivity index (χ2v) is 3.70. The summed E-state index contributed by atoms with van der Waals surface area (Å²) in [7, 11) is 4.27. The lowest BCUT2D eigenvalue weighted by Gasteiger charge is -2.36. The Hall–Kier alpha value is 0.500. The van der Waals surface area contributed by atoms with E-state index in [1.54, 1.807) is 0 Å². The van der Waals surface area contributed by atoms with Gasteiger partial charge in [-0.05, 0) is 45.3 Å². The molecule has 0 saturated heterocycles. The largest absolute Gasteiger partial charge is 0.330 e. The van der Waals surface area contributed by atoms with E-state index in [1.807, 2.05) is 0 Å². The van der Waals surface area contributed by atoms with Crippen LogP contribution < -0.4 is 5.73 Å². The van der Waals surface area contributed by atoms with Crippen LogP contribution in [0, 0.1) is 11.8 Å². The molecule has 0 bridgehead atoms. The van der Waals surface area contributed by atoms with Gasteiger partial charge in [0.15, 0.2) is 0 Å². The van der Waals surface area contributed by atoms with E-state index in [4.69, 9.17) is 5.73 Å². The SMILES string of the molecule is CN(C)CC1CC(CN)C1.Cl.Cl. The zero-order valence-electron chi connectivity index (χ0n) is 7.82. The van der Waals surface area contributed by atoms with Crippen molar-refractivity contribution in [3.63, 3.8) is 0 Å². The molecular formula is C8H20Cl2N2. The number of nitrogens with zero attached hydrogens (tertiary/aromatic N) is 1. The van der Waals surface area contributed by atoms with E-state index in [9.17, 15) is 0 Å². The second-order valence-electron chi connectivity index (χ2n) is 3.70. The third-order valence-corrected chi connectivity index (χ3v) is 2.29. The van der Waals surface area contributed by atoms with Crippen LogP contribution in [0.3, 0.4) is 0 Å². The molecule has 0 unspecified atom stereocenters. The van der Waals surface area contributed by atoms with E-state index in [2.05, 4.69) is 19.0 Å². The van der Waals surface area contributed by atoms with Crippen molar-refractivity contribution in [1.82, 2.24) is 4.90 Å². The predicted molar refractivity (Wildman–Crippen MR) is 58.3 cm³/mol. The summed E-state index contributed by atoms with van der Waals surface area (Å²) in [6, 6.07) is 0. The smallest absolute Gasteiger partial charge is 0.000378 e. The van der Waals surface area contributed by atoms with Gasteiger partial charge in [-0.15, -0.1) is 24.8 Å². The molecule has 4 heteroatoms. The lowest BCUT2D eigenvalue weighted by Crippen LogP contribution is -2.36. The highest BCUT2D eigenvalue weighted by atomic mass is 35.5. The van der Waals surface area contributed by atoms with Crippen LogP contribution >= 0.6 is 24.8 Å². The molecule has 1 rings (SSSR count). The van der Waals surface area contributed by atoms with E-state index in [-0.39, 0.29) is 24.8 Å². The Balaban J connectivity index is 0. The summed E-state index contributed by atoms with van der Waals surface area (Å²) >= 11 is 0. The van der Waals surface area contributed by atoms with Crippen molar-refractivity contribution in [2.45, 2.75) is 12.8 Å². The predicted octanol–water partition coefficient (Wildman–Crippen LogP) is 1.38. The molecule has 1 aliphatic carbocycles. The number of nitrogens with two attached hydrogens (primary N) is 1. The average Bonchev–Trinajstić information content (AvgIpc) is 1.76. The molecule has 0 amide bonds. The van der Waals surface area contributed by atoms with Gasteiger partial charge in [-0.25, -0.2) is 0 Å². The normalized spacial score (nSPS) is 27.0. The van der Waals surface area contributed by atoms with Crippen molar-refractivity contribution in [3.8, 4) is 0 Å². The molecule has 1 saturated carbocycles. The first-order valence-electron chi connectivity index (χ1n) is 4.07. The van der Waals surface area contributed by atoms with E-state index in [0.29, 0.717) is 0 Å². The average molecular weight is 215 g/mol. The molecule has 1 aliphatic rings. The van der Waals surface area contributed by atoms with Crippen LogP contribution in [-0.4, -0.2) is 32.1 Å². The molecule has 0 atom stereocenters. The lowest BCUT2D eigenvalue weighted by atomic mass is 9.75. The standard InChI is InChI=1S/C8H18N2.2ClH/c1-10(2)6-8-3-7(4-8)5-9;;/h7-8H,3-6,9H2,1-2H3;2*1H. The zero-order valence-corrected chi connectivity index (χ0v) is 9.46. The minimum atomic E-state index is 0. The molecule has 0 aliphatic heterocycles.